The van der Waals surface area contributed by atoms with Gasteiger partial charge < -0.3 is 4.74 Å². The van der Waals surface area contributed by atoms with Crippen LogP contribution in [0, 0.1) is 0 Å². The normalized spacial score (nSPS) is 21.9. The zero-order valence-corrected chi connectivity index (χ0v) is 17.5. The summed E-state index contributed by atoms with van der Waals surface area (Å²) in [5.41, 5.74) is 0.318. The van der Waals surface area contributed by atoms with Crippen LogP contribution in [0.1, 0.15) is 56.7 Å². The van der Waals surface area contributed by atoms with Crippen molar-refractivity contribution in [3.05, 3.63) is 40.6 Å². The van der Waals surface area contributed by atoms with Gasteiger partial charge in [-0.25, -0.2) is 17.5 Å². The van der Waals surface area contributed by atoms with Crippen molar-refractivity contribution in [3.63, 3.8) is 0 Å². The highest BCUT2D eigenvalue weighted by Crippen LogP contribution is 2.31. The summed E-state index contributed by atoms with van der Waals surface area (Å²) in [6.45, 7) is 0.938. The number of benzene rings is 1. The molecule has 0 bridgehead atoms. The molecule has 0 spiro atoms. The zero-order chi connectivity index (χ0) is 20.4. The molecule has 4 rings (SSSR count). The summed E-state index contributed by atoms with van der Waals surface area (Å²) in [6, 6.07) is 7.08. The number of H-pyrrole nitrogens is 1. The Morgan fingerprint density at radius 3 is 2.48 bits per heavy atom. The van der Waals surface area contributed by atoms with Crippen LogP contribution in [0.15, 0.2) is 29.1 Å². The molecule has 1 atom stereocenters. The molecule has 0 radical (unpaired) electrons. The molecular formula is C20H28N4O4S. The summed E-state index contributed by atoms with van der Waals surface area (Å²) in [5.74, 6) is 1.15. The molecule has 2 fully saturated rings. The number of aromatic amines is 1. The second-order valence-corrected chi connectivity index (χ2v) is 10.1. The Hall–Kier alpha value is -2.13. The van der Waals surface area contributed by atoms with E-state index in [1.807, 2.05) is 0 Å². The lowest BCUT2D eigenvalue weighted by atomic mass is 9.99. The first-order valence-corrected chi connectivity index (χ1v) is 11.8. The van der Waals surface area contributed by atoms with Gasteiger partial charge in [-0.1, -0.05) is 19.3 Å². The fourth-order valence-electron chi connectivity index (χ4n) is 4.39. The Bertz CT molecular complexity index is 990. The van der Waals surface area contributed by atoms with Gasteiger partial charge in [-0.2, -0.15) is 4.68 Å². The molecule has 1 saturated carbocycles. The van der Waals surface area contributed by atoms with E-state index in [9.17, 15) is 13.2 Å². The van der Waals surface area contributed by atoms with E-state index < -0.39 is 10.0 Å². The van der Waals surface area contributed by atoms with Crippen LogP contribution >= 0.6 is 0 Å². The third kappa shape index (κ3) is 4.11. The Morgan fingerprint density at radius 1 is 1.07 bits per heavy atom. The van der Waals surface area contributed by atoms with E-state index >= 15 is 0 Å². The van der Waals surface area contributed by atoms with E-state index in [2.05, 4.69) is 10.1 Å². The topological polar surface area (TPSA) is 97.3 Å². The van der Waals surface area contributed by atoms with Crippen molar-refractivity contribution >= 4 is 10.0 Å². The Kier molecular flexibility index (Phi) is 5.78. The number of ether oxygens (including phenoxy) is 1. The average Bonchev–Trinajstić information content (AvgIpc) is 3.16. The lowest BCUT2D eigenvalue weighted by Gasteiger charge is -2.34. The minimum Gasteiger partial charge on any atom is -0.497 e. The molecule has 158 valence electrons. The number of methoxy groups -OCH3 is 1. The summed E-state index contributed by atoms with van der Waals surface area (Å²) in [6.07, 6.45) is 6.19. The number of hydrogen-bond donors (Lipinski definition) is 1. The molecule has 0 amide bonds. The van der Waals surface area contributed by atoms with Gasteiger partial charge in [0.1, 0.15) is 11.6 Å². The van der Waals surface area contributed by atoms with Crippen molar-refractivity contribution in [1.29, 1.82) is 0 Å². The molecule has 1 aromatic heterocycles. The number of nitrogens with one attached hydrogen (secondary N) is 1. The molecule has 1 aliphatic carbocycles. The van der Waals surface area contributed by atoms with Gasteiger partial charge in [0.05, 0.1) is 18.0 Å². The summed E-state index contributed by atoms with van der Waals surface area (Å²) in [4.78, 5) is 15.3. The molecule has 29 heavy (non-hydrogen) atoms. The monoisotopic (exact) mass is 420 g/mol. The van der Waals surface area contributed by atoms with Gasteiger partial charge in [-0.05, 0) is 49.9 Å². The largest absolute Gasteiger partial charge is 0.497 e. The molecule has 1 aromatic carbocycles. The lowest BCUT2D eigenvalue weighted by molar-refractivity contribution is 0.301. The SMILES string of the molecule is COc1ccc(-n2nc([C@H]3CCCN(S(=O)(=O)C4CCCCC4)C3)[nH]c2=O)cc1. The standard InChI is InChI=1S/C20H28N4O4S/c1-28-17-11-9-16(10-12-17)24-20(25)21-19(22-24)15-6-5-13-23(14-15)29(26,27)18-7-3-2-4-8-18/h9-12,15,18H,2-8,13-14H2,1H3,(H,21,22,25)/t15-/m0/s1. The van der Waals surface area contributed by atoms with Crippen molar-refractivity contribution in [2.24, 2.45) is 0 Å². The molecule has 2 aliphatic rings. The van der Waals surface area contributed by atoms with Crippen molar-refractivity contribution in [2.45, 2.75) is 56.1 Å². The van der Waals surface area contributed by atoms with E-state index in [-0.39, 0.29) is 16.9 Å². The Balaban J connectivity index is 1.53. The van der Waals surface area contributed by atoms with E-state index in [1.165, 1.54) is 4.68 Å². The van der Waals surface area contributed by atoms with Gasteiger partial charge >= 0.3 is 5.69 Å². The summed E-state index contributed by atoms with van der Waals surface area (Å²) >= 11 is 0. The second-order valence-electron chi connectivity index (χ2n) is 7.93. The predicted octanol–water partition coefficient (Wildman–Crippen LogP) is 2.41. The van der Waals surface area contributed by atoms with Crippen LogP contribution in [0.5, 0.6) is 5.75 Å². The van der Waals surface area contributed by atoms with Crippen LogP contribution in [-0.4, -0.2) is 52.9 Å². The molecule has 0 unspecified atom stereocenters. The number of aromatic nitrogens is 3. The fourth-order valence-corrected chi connectivity index (χ4v) is 6.52. The third-order valence-electron chi connectivity index (χ3n) is 6.06. The van der Waals surface area contributed by atoms with E-state index in [4.69, 9.17) is 4.74 Å². The zero-order valence-electron chi connectivity index (χ0n) is 16.7. The number of rotatable bonds is 5. The third-order valence-corrected chi connectivity index (χ3v) is 8.42. The lowest BCUT2D eigenvalue weighted by Crippen LogP contribution is -2.44. The predicted molar refractivity (Wildman–Crippen MR) is 110 cm³/mol. The number of sulfonamides is 1. The fraction of sp³-hybridized carbons (Fsp3) is 0.600. The van der Waals surface area contributed by atoms with Crippen molar-refractivity contribution in [3.8, 4) is 11.4 Å². The molecule has 2 aromatic rings. The van der Waals surface area contributed by atoms with Gasteiger partial charge in [-0.3, -0.25) is 4.98 Å². The van der Waals surface area contributed by atoms with Crippen molar-refractivity contribution in [1.82, 2.24) is 19.1 Å². The minimum absolute atomic E-state index is 0.102. The maximum atomic E-state index is 13.1. The summed E-state index contributed by atoms with van der Waals surface area (Å²) in [5, 5.41) is 4.22. The highest BCUT2D eigenvalue weighted by Gasteiger charge is 2.37. The Morgan fingerprint density at radius 2 is 1.79 bits per heavy atom. The smallest absolute Gasteiger partial charge is 0.348 e. The van der Waals surface area contributed by atoms with E-state index in [1.54, 1.807) is 35.7 Å². The first-order chi connectivity index (χ1) is 14.0. The number of hydrogen-bond acceptors (Lipinski definition) is 5. The highest BCUT2D eigenvalue weighted by atomic mass is 32.2. The van der Waals surface area contributed by atoms with E-state index in [0.29, 0.717) is 30.4 Å². The minimum atomic E-state index is -3.30. The molecule has 1 N–H and O–H groups in total. The first kappa shape index (κ1) is 20.2. The maximum absolute atomic E-state index is 13.1. The van der Waals surface area contributed by atoms with Crippen LogP contribution in [0.2, 0.25) is 0 Å². The van der Waals surface area contributed by atoms with Gasteiger partial charge in [0.15, 0.2) is 0 Å². The molecule has 2 heterocycles. The van der Waals surface area contributed by atoms with Gasteiger partial charge in [0.25, 0.3) is 0 Å². The first-order valence-electron chi connectivity index (χ1n) is 10.3. The van der Waals surface area contributed by atoms with Crippen LogP contribution in [-0.2, 0) is 10.0 Å². The molecule has 1 aliphatic heterocycles. The molecular weight excluding hydrogens is 392 g/mol. The van der Waals surface area contributed by atoms with Gasteiger partial charge in [-0.15, -0.1) is 5.10 Å². The maximum Gasteiger partial charge on any atom is 0.348 e. The second kappa shape index (κ2) is 8.31. The van der Waals surface area contributed by atoms with Crippen LogP contribution in [0.4, 0.5) is 0 Å². The quantitative estimate of drug-likeness (QED) is 0.801. The van der Waals surface area contributed by atoms with Crippen LogP contribution in [0.25, 0.3) is 5.69 Å². The summed E-state index contributed by atoms with van der Waals surface area (Å²) in [7, 11) is -1.71. The Labute approximate surface area is 170 Å². The number of piperidine rings is 1. The average molecular weight is 421 g/mol. The van der Waals surface area contributed by atoms with Gasteiger partial charge in [0, 0.05) is 19.0 Å². The molecule has 8 nitrogen and oxygen atoms in total. The van der Waals surface area contributed by atoms with Crippen molar-refractivity contribution in [2.75, 3.05) is 20.2 Å². The van der Waals surface area contributed by atoms with Crippen LogP contribution < -0.4 is 10.4 Å². The van der Waals surface area contributed by atoms with Gasteiger partial charge in [0.2, 0.25) is 10.0 Å². The number of nitrogens with zero attached hydrogens (tertiary/aromatic N) is 3. The summed E-state index contributed by atoms with van der Waals surface area (Å²) < 4.78 is 34.3. The van der Waals surface area contributed by atoms with E-state index in [0.717, 1.165) is 44.9 Å². The molecule has 1 saturated heterocycles. The highest BCUT2D eigenvalue weighted by molar-refractivity contribution is 7.89. The molecule has 9 heteroatoms. The van der Waals surface area contributed by atoms with Crippen LogP contribution in [0.3, 0.4) is 0 Å². The van der Waals surface area contributed by atoms with Crippen molar-refractivity contribution < 1.29 is 13.2 Å².